The standard InChI is InChI=1S/C15H12F4N2O2/c16-12-6-2-1-5-11(12)13(22)21-8-10-4-3-7-20-14(10)23-9-15(17,18)19/h1-7H,8-9H2,(H,21,22). The predicted molar refractivity (Wildman–Crippen MR) is 73.4 cm³/mol. The van der Waals surface area contributed by atoms with E-state index >= 15 is 0 Å². The van der Waals surface area contributed by atoms with Crippen molar-refractivity contribution in [1.29, 1.82) is 0 Å². The lowest BCUT2D eigenvalue weighted by Gasteiger charge is -2.12. The Morgan fingerprint density at radius 1 is 1.17 bits per heavy atom. The first-order valence-corrected chi connectivity index (χ1v) is 6.53. The molecular formula is C15H12F4N2O2. The first kappa shape index (κ1) is 16.7. The minimum atomic E-state index is -4.49. The van der Waals surface area contributed by atoms with Crippen molar-refractivity contribution in [3.8, 4) is 5.88 Å². The molecule has 2 aromatic rings. The van der Waals surface area contributed by atoms with Crippen molar-refractivity contribution in [1.82, 2.24) is 10.3 Å². The predicted octanol–water partition coefficient (Wildman–Crippen LogP) is 3.09. The number of hydrogen-bond acceptors (Lipinski definition) is 3. The molecule has 0 spiro atoms. The third-order valence-corrected chi connectivity index (χ3v) is 2.78. The molecule has 0 aliphatic rings. The van der Waals surface area contributed by atoms with Gasteiger partial charge >= 0.3 is 6.18 Å². The second-order valence-electron chi connectivity index (χ2n) is 4.53. The largest absolute Gasteiger partial charge is 0.468 e. The van der Waals surface area contributed by atoms with E-state index in [2.05, 4.69) is 15.0 Å². The van der Waals surface area contributed by atoms with Gasteiger partial charge in [-0.05, 0) is 18.2 Å². The molecule has 0 radical (unpaired) electrons. The second-order valence-corrected chi connectivity index (χ2v) is 4.53. The van der Waals surface area contributed by atoms with Crippen LogP contribution in [0.4, 0.5) is 17.6 Å². The van der Waals surface area contributed by atoms with E-state index in [1.807, 2.05) is 0 Å². The van der Waals surface area contributed by atoms with Gasteiger partial charge in [-0.3, -0.25) is 4.79 Å². The molecule has 0 saturated carbocycles. The minimum absolute atomic E-state index is 0.145. The van der Waals surface area contributed by atoms with Crippen molar-refractivity contribution in [3.05, 3.63) is 59.5 Å². The highest BCUT2D eigenvalue weighted by atomic mass is 19.4. The molecule has 4 nitrogen and oxygen atoms in total. The number of halogens is 4. The van der Waals surface area contributed by atoms with Gasteiger partial charge in [-0.15, -0.1) is 0 Å². The zero-order chi connectivity index (χ0) is 16.9. The van der Waals surface area contributed by atoms with Crippen molar-refractivity contribution >= 4 is 5.91 Å². The molecule has 122 valence electrons. The summed E-state index contributed by atoms with van der Waals surface area (Å²) in [6.45, 7) is -1.63. The summed E-state index contributed by atoms with van der Waals surface area (Å²) in [7, 11) is 0. The number of benzene rings is 1. The fourth-order valence-corrected chi connectivity index (χ4v) is 1.75. The average molecular weight is 328 g/mol. The van der Waals surface area contributed by atoms with E-state index in [0.29, 0.717) is 0 Å². The van der Waals surface area contributed by atoms with Gasteiger partial charge in [0.15, 0.2) is 6.61 Å². The van der Waals surface area contributed by atoms with Crippen LogP contribution in [0.3, 0.4) is 0 Å². The molecule has 8 heteroatoms. The normalized spacial score (nSPS) is 11.1. The number of carbonyl (C=O) groups is 1. The Bertz CT molecular complexity index is 689. The SMILES string of the molecule is O=C(NCc1cccnc1OCC(F)(F)F)c1ccccc1F. The number of pyridine rings is 1. The van der Waals surface area contributed by atoms with Gasteiger partial charge in [0, 0.05) is 18.3 Å². The molecule has 0 aliphatic heterocycles. The van der Waals surface area contributed by atoms with Crippen LogP contribution in [0.1, 0.15) is 15.9 Å². The Morgan fingerprint density at radius 3 is 2.61 bits per heavy atom. The van der Waals surface area contributed by atoms with Crippen LogP contribution in [0.5, 0.6) is 5.88 Å². The fraction of sp³-hybridized carbons (Fsp3) is 0.200. The molecular weight excluding hydrogens is 316 g/mol. The Balaban J connectivity index is 2.03. The Morgan fingerprint density at radius 2 is 1.91 bits per heavy atom. The molecule has 0 unspecified atom stereocenters. The maximum atomic E-state index is 13.5. The van der Waals surface area contributed by atoms with Crippen molar-refractivity contribution in [2.45, 2.75) is 12.7 Å². The molecule has 0 fully saturated rings. The highest BCUT2D eigenvalue weighted by Crippen LogP contribution is 2.20. The minimum Gasteiger partial charge on any atom is -0.468 e. The topological polar surface area (TPSA) is 51.2 Å². The van der Waals surface area contributed by atoms with E-state index in [9.17, 15) is 22.4 Å². The van der Waals surface area contributed by atoms with Gasteiger partial charge in [0.05, 0.1) is 5.56 Å². The van der Waals surface area contributed by atoms with Crippen molar-refractivity contribution in [2.24, 2.45) is 0 Å². The molecule has 1 aromatic heterocycles. The van der Waals surface area contributed by atoms with E-state index in [4.69, 9.17) is 0 Å². The van der Waals surface area contributed by atoms with Gasteiger partial charge in [-0.1, -0.05) is 18.2 Å². The average Bonchev–Trinajstić information content (AvgIpc) is 2.51. The van der Waals surface area contributed by atoms with E-state index in [1.54, 1.807) is 0 Å². The second kappa shape index (κ2) is 7.08. The lowest BCUT2D eigenvalue weighted by atomic mass is 10.2. The van der Waals surface area contributed by atoms with Crippen LogP contribution in [0, 0.1) is 5.82 Å². The first-order valence-electron chi connectivity index (χ1n) is 6.53. The zero-order valence-electron chi connectivity index (χ0n) is 11.7. The number of nitrogens with zero attached hydrogens (tertiary/aromatic N) is 1. The van der Waals surface area contributed by atoms with Crippen molar-refractivity contribution in [2.75, 3.05) is 6.61 Å². The van der Waals surface area contributed by atoms with Crippen LogP contribution in [0.25, 0.3) is 0 Å². The number of alkyl halides is 3. The third-order valence-electron chi connectivity index (χ3n) is 2.78. The molecule has 23 heavy (non-hydrogen) atoms. The molecule has 1 heterocycles. The summed E-state index contributed by atoms with van der Waals surface area (Å²) >= 11 is 0. The number of aromatic nitrogens is 1. The summed E-state index contributed by atoms with van der Waals surface area (Å²) in [4.78, 5) is 15.6. The monoisotopic (exact) mass is 328 g/mol. The maximum absolute atomic E-state index is 13.5. The summed E-state index contributed by atoms with van der Waals surface area (Å²) in [5.41, 5.74) is 0.0931. The highest BCUT2D eigenvalue weighted by Gasteiger charge is 2.29. The molecule has 0 saturated heterocycles. The van der Waals surface area contributed by atoms with Crippen molar-refractivity contribution in [3.63, 3.8) is 0 Å². The summed E-state index contributed by atoms with van der Waals surface area (Å²) in [5.74, 6) is -1.61. The molecule has 1 amide bonds. The number of amides is 1. The Hall–Kier alpha value is -2.64. The third kappa shape index (κ3) is 4.94. The van der Waals surface area contributed by atoms with Crippen LogP contribution in [-0.4, -0.2) is 23.7 Å². The molecule has 1 N–H and O–H groups in total. The van der Waals surface area contributed by atoms with Gasteiger partial charge in [0.25, 0.3) is 5.91 Å². The van der Waals surface area contributed by atoms with Crippen LogP contribution >= 0.6 is 0 Å². The highest BCUT2D eigenvalue weighted by molar-refractivity contribution is 5.94. The Kier molecular flexibility index (Phi) is 5.15. The number of hydrogen-bond donors (Lipinski definition) is 1. The molecule has 0 atom stereocenters. The van der Waals surface area contributed by atoms with E-state index in [-0.39, 0.29) is 23.6 Å². The molecule has 0 aliphatic carbocycles. The summed E-state index contributed by atoms with van der Waals surface area (Å²) in [6, 6.07) is 8.33. The van der Waals surface area contributed by atoms with Crippen LogP contribution in [0.15, 0.2) is 42.6 Å². The van der Waals surface area contributed by atoms with Gasteiger partial charge in [0.2, 0.25) is 5.88 Å². The van der Waals surface area contributed by atoms with Crippen LogP contribution in [-0.2, 0) is 6.54 Å². The zero-order valence-corrected chi connectivity index (χ0v) is 11.7. The van der Waals surface area contributed by atoms with Gasteiger partial charge in [0.1, 0.15) is 5.82 Å². The van der Waals surface area contributed by atoms with E-state index < -0.39 is 24.5 Å². The van der Waals surface area contributed by atoms with Crippen LogP contribution < -0.4 is 10.1 Å². The van der Waals surface area contributed by atoms with Crippen LogP contribution in [0.2, 0.25) is 0 Å². The van der Waals surface area contributed by atoms with E-state index in [1.165, 1.54) is 36.5 Å². The van der Waals surface area contributed by atoms with Crippen molar-refractivity contribution < 1.29 is 27.1 Å². The summed E-state index contributed by atoms with van der Waals surface area (Å²) < 4.78 is 54.6. The van der Waals surface area contributed by atoms with Gasteiger partial charge in [-0.25, -0.2) is 9.37 Å². The summed E-state index contributed by atoms with van der Waals surface area (Å²) in [6.07, 6.45) is -3.22. The van der Waals surface area contributed by atoms with Gasteiger partial charge < -0.3 is 10.1 Å². The van der Waals surface area contributed by atoms with Gasteiger partial charge in [-0.2, -0.15) is 13.2 Å². The molecule has 0 bridgehead atoms. The summed E-state index contributed by atoms with van der Waals surface area (Å²) in [5, 5.41) is 2.41. The number of ether oxygens (including phenoxy) is 1. The molecule has 1 aromatic carbocycles. The molecule has 2 rings (SSSR count). The number of nitrogens with one attached hydrogen (secondary N) is 1. The maximum Gasteiger partial charge on any atom is 0.422 e. The quantitative estimate of drug-likeness (QED) is 0.858. The number of rotatable bonds is 5. The van der Waals surface area contributed by atoms with E-state index in [0.717, 1.165) is 6.07 Å². The Labute approximate surface area is 129 Å². The fourth-order valence-electron chi connectivity index (χ4n) is 1.75. The smallest absolute Gasteiger partial charge is 0.422 e. The lowest BCUT2D eigenvalue weighted by molar-refractivity contribution is -0.154. The number of carbonyl (C=O) groups excluding carboxylic acids is 1. The first-order chi connectivity index (χ1) is 10.9. The lowest BCUT2D eigenvalue weighted by Crippen LogP contribution is -2.25.